The molecule has 2 heterocycles. The Hall–Kier alpha value is -3.19. The maximum Gasteiger partial charge on any atom is 0.283 e. The Bertz CT molecular complexity index is 1040. The van der Waals surface area contributed by atoms with Crippen LogP contribution in [-0.2, 0) is 4.79 Å². The van der Waals surface area contributed by atoms with E-state index in [9.17, 15) is 4.79 Å². The van der Waals surface area contributed by atoms with E-state index in [1.54, 1.807) is 6.08 Å². The minimum absolute atomic E-state index is 0.0500. The molecule has 2 aromatic rings. The number of hydrazone groups is 1. The van der Waals surface area contributed by atoms with Gasteiger partial charge in [0.2, 0.25) is 5.17 Å². The van der Waals surface area contributed by atoms with E-state index in [0.717, 1.165) is 28.3 Å². The van der Waals surface area contributed by atoms with Gasteiger partial charge in [-0.25, -0.2) is 0 Å². The van der Waals surface area contributed by atoms with Crippen LogP contribution in [-0.4, -0.2) is 27.0 Å². The second-order valence-electron chi connectivity index (χ2n) is 6.61. The Labute approximate surface area is 173 Å². The average molecular weight is 404 g/mol. The van der Waals surface area contributed by atoms with Gasteiger partial charge >= 0.3 is 0 Å². The lowest BCUT2D eigenvalue weighted by Crippen LogP contribution is -2.35. The molecule has 1 unspecified atom stereocenters. The number of thioether (sulfide) groups is 1. The van der Waals surface area contributed by atoms with Crippen molar-refractivity contribution < 1.29 is 9.53 Å². The van der Waals surface area contributed by atoms with E-state index < -0.39 is 5.91 Å². The van der Waals surface area contributed by atoms with E-state index in [-0.39, 0.29) is 17.5 Å². The number of aliphatic imine (C=N–C) groups is 1. The van der Waals surface area contributed by atoms with Crippen molar-refractivity contribution in [1.82, 2.24) is 5.01 Å². The highest BCUT2D eigenvalue weighted by molar-refractivity contribution is 8.26. The number of hydrogen-bond acceptors (Lipinski definition) is 5. The number of rotatable bonds is 5. The van der Waals surface area contributed by atoms with Gasteiger partial charge in [0.25, 0.3) is 5.91 Å². The van der Waals surface area contributed by atoms with Crippen molar-refractivity contribution in [3.8, 4) is 5.75 Å². The van der Waals surface area contributed by atoms with Crippen LogP contribution in [0.25, 0.3) is 6.08 Å². The number of benzene rings is 2. The van der Waals surface area contributed by atoms with Crippen molar-refractivity contribution in [3.05, 3.63) is 71.3 Å². The Morgan fingerprint density at radius 3 is 2.59 bits per heavy atom. The van der Waals surface area contributed by atoms with Crippen LogP contribution in [0.2, 0.25) is 0 Å². The topological polar surface area (TPSA) is 78.1 Å². The monoisotopic (exact) mass is 404 g/mol. The molecule has 0 aliphatic carbocycles. The first-order valence-electron chi connectivity index (χ1n) is 9.36. The van der Waals surface area contributed by atoms with Crippen LogP contribution in [0.15, 0.2) is 70.3 Å². The lowest BCUT2D eigenvalue weighted by atomic mass is 10.1. The number of carbonyl (C=O) groups excluding carboxylic acids is 1. The zero-order valence-electron chi connectivity index (χ0n) is 16.1. The number of amides is 1. The van der Waals surface area contributed by atoms with Crippen LogP contribution >= 0.6 is 11.8 Å². The summed E-state index contributed by atoms with van der Waals surface area (Å²) in [5, 5.41) is 15.4. The third kappa shape index (κ3) is 4.00. The van der Waals surface area contributed by atoms with Gasteiger partial charge in [-0.1, -0.05) is 49.4 Å². The quantitative estimate of drug-likeness (QED) is 0.722. The number of amidine groups is 2. The van der Waals surface area contributed by atoms with E-state index in [1.165, 1.54) is 16.8 Å². The summed E-state index contributed by atoms with van der Waals surface area (Å²) in [7, 11) is 0. The number of hydrogen-bond donors (Lipinski definition) is 1. The molecule has 0 saturated heterocycles. The van der Waals surface area contributed by atoms with Crippen molar-refractivity contribution in [1.29, 1.82) is 5.41 Å². The van der Waals surface area contributed by atoms with Crippen molar-refractivity contribution in [2.45, 2.75) is 26.4 Å². The Morgan fingerprint density at radius 2 is 1.90 bits per heavy atom. The van der Waals surface area contributed by atoms with Crippen LogP contribution in [0.5, 0.6) is 5.75 Å². The molecule has 6 nitrogen and oxygen atoms in total. The Balaban J connectivity index is 1.51. The molecule has 29 heavy (non-hydrogen) atoms. The van der Waals surface area contributed by atoms with Crippen LogP contribution < -0.4 is 4.74 Å². The molecule has 146 valence electrons. The first-order valence-corrected chi connectivity index (χ1v) is 10.2. The average Bonchev–Trinajstić information content (AvgIpc) is 3.16. The van der Waals surface area contributed by atoms with Gasteiger partial charge in [-0.2, -0.15) is 15.1 Å². The summed E-state index contributed by atoms with van der Waals surface area (Å²) in [6, 6.07) is 17.4. The lowest BCUT2D eigenvalue weighted by Gasteiger charge is -2.20. The van der Waals surface area contributed by atoms with Gasteiger partial charge in [-0.3, -0.25) is 10.2 Å². The first-order chi connectivity index (χ1) is 14.0. The highest BCUT2D eigenvalue weighted by Crippen LogP contribution is 2.29. The summed E-state index contributed by atoms with van der Waals surface area (Å²) in [6.45, 7) is 3.98. The van der Waals surface area contributed by atoms with Crippen LogP contribution in [0.3, 0.4) is 0 Å². The van der Waals surface area contributed by atoms with Gasteiger partial charge in [0.05, 0.1) is 5.57 Å². The lowest BCUT2D eigenvalue weighted by molar-refractivity contribution is -0.114. The Morgan fingerprint density at radius 1 is 1.17 bits per heavy atom. The van der Waals surface area contributed by atoms with Crippen LogP contribution in [0, 0.1) is 5.41 Å². The van der Waals surface area contributed by atoms with Gasteiger partial charge in [-0.15, -0.1) is 0 Å². The largest absolute Gasteiger partial charge is 0.486 e. The van der Waals surface area contributed by atoms with Gasteiger partial charge in [0.1, 0.15) is 16.9 Å². The summed E-state index contributed by atoms with van der Waals surface area (Å²) in [4.78, 5) is 16.5. The highest BCUT2D eigenvalue weighted by Gasteiger charge is 2.35. The minimum Gasteiger partial charge on any atom is -0.486 e. The molecular weight excluding hydrogens is 384 g/mol. The molecular formula is C22H20N4O2S. The zero-order valence-corrected chi connectivity index (χ0v) is 16.9. The van der Waals surface area contributed by atoms with Crippen molar-refractivity contribution in [3.63, 3.8) is 0 Å². The minimum atomic E-state index is -0.417. The number of carbonyl (C=O) groups is 1. The van der Waals surface area contributed by atoms with Gasteiger partial charge < -0.3 is 4.74 Å². The predicted molar refractivity (Wildman–Crippen MR) is 117 cm³/mol. The standard InChI is InChI=1S/C22H20N4O2S/c1-3-19-25-26-20(23)18(21(27)24-22(26)29-19)13-15-9-11-17(12-10-15)28-14(2)16-7-5-4-6-8-16/h4-14,23H,3H2,1-2H3/b18-13-,23-20?. The number of nitrogens with zero attached hydrogens (tertiary/aromatic N) is 3. The number of ether oxygens (including phenoxy) is 1. The van der Waals surface area contributed by atoms with Crippen molar-refractivity contribution in [2.75, 3.05) is 0 Å². The second kappa shape index (κ2) is 8.05. The smallest absolute Gasteiger partial charge is 0.283 e. The van der Waals surface area contributed by atoms with Gasteiger partial charge in [0.15, 0.2) is 5.84 Å². The van der Waals surface area contributed by atoms with E-state index in [1.807, 2.05) is 68.4 Å². The maximum atomic E-state index is 12.4. The number of fused-ring (bicyclic) bond motifs is 1. The van der Waals surface area contributed by atoms with Crippen LogP contribution in [0.4, 0.5) is 0 Å². The second-order valence-corrected chi connectivity index (χ2v) is 7.65. The van der Waals surface area contributed by atoms with E-state index in [2.05, 4.69) is 10.1 Å². The normalized spacial score (nSPS) is 18.4. The molecule has 1 amide bonds. The molecule has 2 aliphatic rings. The highest BCUT2D eigenvalue weighted by atomic mass is 32.2. The molecule has 4 rings (SSSR count). The SMILES string of the molecule is CCC1=NN2C(=N)/C(=C/c3ccc(OC(C)c4ccccc4)cc3)C(=O)N=C2S1. The maximum absolute atomic E-state index is 12.4. The van der Waals surface area contributed by atoms with Gasteiger partial charge in [-0.05, 0) is 54.4 Å². The third-order valence-corrected chi connectivity index (χ3v) is 5.62. The van der Waals surface area contributed by atoms with Crippen LogP contribution in [0.1, 0.15) is 37.5 Å². The van der Waals surface area contributed by atoms with Crippen molar-refractivity contribution in [2.24, 2.45) is 10.1 Å². The fourth-order valence-electron chi connectivity index (χ4n) is 2.98. The van der Waals surface area contributed by atoms with E-state index in [0.29, 0.717) is 5.17 Å². The predicted octanol–water partition coefficient (Wildman–Crippen LogP) is 4.86. The molecule has 0 spiro atoms. The molecule has 0 bridgehead atoms. The molecule has 2 aromatic carbocycles. The molecule has 2 aliphatic heterocycles. The molecule has 0 saturated carbocycles. The fourth-order valence-corrected chi connectivity index (χ4v) is 3.80. The molecule has 0 aromatic heterocycles. The number of nitrogens with one attached hydrogen (secondary N) is 1. The summed E-state index contributed by atoms with van der Waals surface area (Å²) in [5.74, 6) is 0.371. The van der Waals surface area contributed by atoms with Crippen molar-refractivity contribution >= 4 is 39.8 Å². The first kappa shape index (κ1) is 19.1. The summed E-state index contributed by atoms with van der Waals surface area (Å²) in [6.07, 6.45) is 2.34. The van der Waals surface area contributed by atoms with E-state index >= 15 is 0 Å². The molecule has 1 N–H and O–H groups in total. The summed E-state index contributed by atoms with van der Waals surface area (Å²) >= 11 is 1.34. The fraction of sp³-hybridized carbons (Fsp3) is 0.182. The third-order valence-electron chi connectivity index (χ3n) is 4.57. The van der Waals surface area contributed by atoms with Gasteiger partial charge in [0, 0.05) is 0 Å². The van der Waals surface area contributed by atoms with E-state index in [4.69, 9.17) is 10.1 Å². The summed E-state index contributed by atoms with van der Waals surface area (Å²) < 4.78 is 5.99. The summed E-state index contributed by atoms with van der Waals surface area (Å²) in [5.41, 5.74) is 2.12. The molecule has 1 atom stereocenters. The molecule has 0 fully saturated rings. The molecule has 0 radical (unpaired) electrons. The molecule has 7 heteroatoms. The Kier molecular flexibility index (Phi) is 5.31. The zero-order chi connectivity index (χ0) is 20.4.